The van der Waals surface area contributed by atoms with Gasteiger partial charge in [0.15, 0.2) is 0 Å². The van der Waals surface area contributed by atoms with Crippen molar-refractivity contribution in [1.29, 1.82) is 0 Å². The van der Waals surface area contributed by atoms with E-state index in [0.29, 0.717) is 6.10 Å². The van der Waals surface area contributed by atoms with Crippen LogP contribution < -0.4 is 0 Å². The van der Waals surface area contributed by atoms with Gasteiger partial charge in [-0.25, -0.2) is 0 Å². The Balaban J connectivity index is 1.92. The minimum absolute atomic E-state index is 0.243. The Kier molecular flexibility index (Phi) is 2.27. The third-order valence-electron chi connectivity index (χ3n) is 5.34. The Morgan fingerprint density at radius 3 is 2.88 bits per heavy atom. The van der Waals surface area contributed by atoms with E-state index in [9.17, 15) is 0 Å². The monoisotopic (exact) mass is 220 g/mol. The van der Waals surface area contributed by atoms with E-state index in [0.717, 1.165) is 23.7 Å². The van der Waals surface area contributed by atoms with Crippen LogP contribution in [0.2, 0.25) is 0 Å². The lowest BCUT2D eigenvalue weighted by molar-refractivity contribution is 0.113. The zero-order valence-electron chi connectivity index (χ0n) is 11.0. The molecular formula is C15H24O. The van der Waals surface area contributed by atoms with Crippen LogP contribution in [0.3, 0.4) is 0 Å². The highest BCUT2D eigenvalue weighted by atomic mass is 16.6. The molecule has 0 bridgehead atoms. The predicted octanol–water partition coefficient (Wildman–Crippen LogP) is 3.79. The lowest BCUT2D eigenvalue weighted by atomic mass is 9.60. The Hall–Kier alpha value is -0.300. The molecule has 90 valence electrons. The van der Waals surface area contributed by atoms with Crippen LogP contribution in [0.5, 0.6) is 0 Å². The highest BCUT2D eigenvalue weighted by molar-refractivity contribution is 5.20. The lowest BCUT2D eigenvalue weighted by Gasteiger charge is -2.42. The average molecular weight is 220 g/mol. The van der Waals surface area contributed by atoms with Crippen molar-refractivity contribution in [2.75, 3.05) is 0 Å². The fraction of sp³-hybridized carbons (Fsp3) is 0.867. The Morgan fingerprint density at radius 1 is 1.44 bits per heavy atom. The molecule has 0 aromatic heterocycles. The quantitative estimate of drug-likeness (QED) is 0.484. The van der Waals surface area contributed by atoms with Crippen molar-refractivity contribution in [3.8, 4) is 0 Å². The maximum atomic E-state index is 6.02. The van der Waals surface area contributed by atoms with Gasteiger partial charge in [0.05, 0.1) is 11.7 Å². The first-order chi connectivity index (χ1) is 7.52. The average Bonchev–Trinajstić information content (AvgIpc) is 2.88. The molecule has 16 heavy (non-hydrogen) atoms. The van der Waals surface area contributed by atoms with Gasteiger partial charge in [-0.2, -0.15) is 0 Å². The summed E-state index contributed by atoms with van der Waals surface area (Å²) in [5, 5.41) is 0. The normalized spacial score (nSPS) is 50.7. The SMILES string of the molecule is CC1=CC2C(C(C)C)CC3OC3(C)C2CC1. The third-order valence-corrected chi connectivity index (χ3v) is 5.34. The molecular weight excluding hydrogens is 196 g/mol. The van der Waals surface area contributed by atoms with Gasteiger partial charge >= 0.3 is 0 Å². The maximum Gasteiger partial charge on any atom is 0.0954 e. The van der Waals surface area contributed by atoms with E-state index in [1.165, 1.54) is 19.3 Å². The Morgan fingerprint density at radius 2 is 2.19 bits per heavy atom. The minimum atomic E-state index is 0.243. The molecule has 0 aromatic carbocycles. The molecule has 1 heteroatoms. The van der Waals surface area contributed by atoms with Crippen molar-refractivity contribution in [1.82, 2.24) is 0 Å². The molecule has 0 spiro atoms. The fourth-order valence-corrected chi connectivity index (χ4v) is 4.20. The van der Waals surface area contributed by atoms with Crippen LogP contribution in [-0.4, -0.2) is 11.7 Å². The van der Waals surface area contributed by atoms with E-state index in [2.05, 4.69) is 33.8 Å². The van der Waals surface area contributed by atoms with Gasteiger partial charge in [-0.1, -0.05) is 25.5 Å². The summed E-state index contributed by atoms with van der Waals surface area (Å²) in [6.07, 6.45) is 7.08. The molecule has 5 atom stereocenters. The van der Waals surface area contributed by atoms with E-state index >= 15 is 0 Å². The first kappa shape index (κ1) is 10.8. The topological polar surface area (TPSA) is 12.5 Å². The molecule has 1 nitrogen and oxygen atoms in total. The van der Waals surface area contributed by atoms with Gasteiger partial charge in [-0.3, -0.25) is 0 Å². The fourth-order valence-electron chi connectivity index (χ4n) is 4.20. The first-order valence-corrected chi connectivity index (χ1v) is 6.87. The van der Waals surface area contributed by atoms with Crippen molar-refractivity contribution in [2.45, 2.75) is 58.7 Å². The van der Waals surface area contributed by atoms with Gasteiger partial charge in [-0.15, -0.1) is 0 Å². The van der Waals surface area contributed by atoms with Gasteiger partial charge in [-0.05, 0) is 56.8 Å². The second-order valence-electron chi connectivity index (χ2n) is 6.67. The standard InChI is InChI=1S/C15H24O/c1-9(2)11-8-14-15(4,16-14)13-6-5-10(3)7-12(11)13/h7,9,11-14H,5-6,8H2,1-4H3. The van der Waals surface area contributed by atoms with Crippen LogP contribution in [0, 0.1) is 23.7 Å². The van der Waals surface area contributed by atoms with Crippen molar-refractivity contribution < 1.29 is 4.74 Å². The number of fused-ring (bicyclic) bond motifs is 3. The molecule has 1 saturated carbocycles. The number of hydrogen-bond acceptors (Lipinski definition) is 1. The van der Waals surface area contributed by atoms with Crippen LogP contribution in [0.4, 0.5) is 0 Å². The molecule has 3 rings (SSSR count). The maximum absolute atomic E-state index is 6.02. The van der Waals surface area contributed by atoms with Gasteiger partial charge in [0.1, 0.15) is 0 Å². The molecule has 5 unspecified atom stereocenters. The largest absolute Gasteiger partial charge is 0.366 e. The van der Waals surface area contributed by atoms with Crippen molar-refractivity contribution in [3.05, 3.63) is 11.6 Å². The summed E-state index contributed by atoms with van der Waals surface area (Å²) >= 11 is 0. The molecule has 3 aliphatic rings. The number of allylic oxidation sites excluding steroid dienone is 2. The summed E-state index contributed by atoms with van der Waals surface area (Å²) in [5.41, 5.74) is 1.85. The summed E-state index contributed by atoms with van der Waals surface area (Å²) in [7, 11) is 0. The zero-order valence-corrected chi connectivity index (χ0v) is 11.0. The zero-order chi connectivity index (χ0) is 11.5. The first-order valence-electron chi connectivity index (χ1n) is 6.87. The molecule has 1 aliphatic heterocycles. The molecule has 2 aliphatic carbocycles. The second kappa shape index (κ2) is 3.35. The van der Waals surface area contributed by atoms with Crippen molar-refractivity contribution >= 4 is 0 Å². The summed E-state index contributed by atoms with van der Waals surface area (Å²) in [6, 6.07) is 0. The van der Waals surface area contributed by atoms with Gasteiger partial charge in [0.2, 0.25) is 0 Å². The number of rotatable bonds is 1. The van der Waals surface area contributed by atoms with E-state index in [1.54, 1.807) is 5.57 Å². The van der Waals surface area contributed by atoms with E-state index < -0.39 is 0 Å². The minimum Gasteiger partial charge on any atom is -0.366 e. The van der Waals surface area contributed by atoms with E-state index in [4.69, 9.17) is 4.74 Å². The lowest BCUT2D eigenvalue weighted by Crippen LogP contribution is -2.42. The summed E-state index contributed by atoms with van der Waals surface area (Å²) < 4.78 is 6.02. The second-order valence-corrected chi connectivity index (χ2v) is 6.67. The molecule has 0 N–H and O–H groups in total. The molecule has 0 radical (unpaired) electrons. The van der Waals surface area contributed by atoms with Crippen molar-refractivity contribution in [3.63, 3.8) is 0 Å². The highest BCUT2D eigenvalue weighted by Gasteiger charge is 2.64. The molecule has 0 amide bonds. The number of ether oxygens (including phenoxy) is 1. The smallest absolute Gasteiger partial charge is 0.0954 e. The van der Waals surface area contributed by atoms with Gasteiger partial charge < -0.3 is 4.74 Å². The molecule has 1 heterocycles. The number of epoxide rings is 1. The van der Waals surface area contributed by atoms with Crippen molar-refractivity contribution in [2.24, 2.45) is 23.7 Å². The van der Waals surface area contributed by atoms with Crippen LogP contribution in [0.1, 0.15) is 47.0 Å². The Bertz CT molecular complexity index is 330. The van der Waals surface area contributed by atoms with E-state index in [-0.39, 0.29) is 5.60 Å². The van der Waals surface area contributed by atoms with Gasteiger partial charge in [0.25, 0.3) is 0 Å². The third kappa shape index (κ3) is 1.40. The summed E-state index contributed by atoms with van der Waals surface area (Å²) in [6.45, 7) is 9.41. The molecule has 2 fully saturated rings. The Labute approximate surface area is 99.3 Å². The predicted molar refractivity (Wildman–Crippen MR) is 66.2 cm³/mol. The number of hydrogen-bond donors (Lipinski definition) is 0. The summed E-state index contributed by atoms with van der Waals surface area (Å²) in [5.74, 6) is 3.23. The van der Waals surface area contributed by atoms with E-state index in [1.807, 2.05) is 0 Å². The summed E-state index contributed by atoms with van der Waals surface area (Å²) in [4.78, 5) is 0. The van der Waals surface area contributed by atoms with Crippen LogP contribution in [0.25, 0.3) is 0 Å². The molecule has 0 aromatic rings. The van der Waals surface area contributed by atoms with Crippen LogP contribution >= 0.6 is 0 Å². The van der Waals surface area contributed by atoms with Crippen LogP contribution in [-0.2, 0) is 4.74 Å². The highest BCUT2D eigenvalue weighted by Crippen LogP contribution is 2.59. The van der Waals surface area contributed by atoms with Gasteiger partial charge in [0, 0.05) is 0 Å². The molecule has 1 saturated heterocycles. The van der Waals surface area contributed by atoms with Crippen LogP contribution in [0.15, 0.2) is 11.6 Å².